The fraction of sp³-hybridized carbons (Fsp3) is 0.318. The van der Waals surface area contributed by atoms with Crippen LogP contribution >= 0.6 is 34.8 Å². The summed E-state index contributed by atoms with van der Waals surface area (Å²) in [7, 11) is 3.25. The number of carbonyl (C=O) groups excluding carboxylic acids is 1. The number of rotatable bonds is 7. The summed E-state index contributed by atoms with van der Waals surface area (Å²) in [6.45, 7) is 2.72. The number of hydrogen-bond donors (Lipinski definition) is 0. The van der Waals surface area contributed by atoms with Gasteiger partial charge in [-0.15, -0.1) is 0 Å². The number of benzene rings is 2. The lowest BCUT2D eigenvalue weighted by Gasteiger charge is -2.30. The van der Waals surface area contributed by atoms with Crippen molar-refractivity contribution in [3.63, 3.8) is 0 Å². The molecule has 0 aliphatic rings. The quantitative estimate of drug-likeness (QED) is 0.438. The lowest BCUT2D eigenvalue weighted by atomic mass is 10.1. The molecule has 0 radical (unpaired) electrons. The van der Waals surface area contributed by atoms with Crippen LogP contribution in [0.3, 0.4) is 0 Å². The summed E-state index contributed by atoms with van der Waals surface area (Å²) < 4.78 is 6.61. The van der Waals surface area contributed by atoms with E-state index >= 15 is 0 Å². The maximum absolute atomic E-state index is 13.4. The Morgan fingerprint density at radius 2 is 1.90 bits per heavy atom. The number of halogens is 3. The predicted molar refractivity (Wildman–Crippen MR) is 124 cm³/mol. The van der Waals surface area contributed by atoms with Crippen molar-refractivity contribution in [2.75, 3.05) is 20.3 Å². The average molecular weight is 483 g/mol. The summed E-state index contributed by atoms with van der Waals surface area (Å²) in [4.78, 5) is 32.6. The van der Waals surface area contributed by atoms with Crippen LogP contribution in [0, 0.1) is 0 Å². The molecule has 2 aromatic carbocycles. The maximum atomic E-state index is 13.4. The number of carbonyl (C=O) groups is 1. The van der Waals surface area contributed by atoms with Gasteiger partial charge in [0.1, 0.15) is 5.82 Å². The molecular formula is C22H22Cl3N3O3. The first kappa shape index (κ1) is 23.5. The average Bonchev–Trinajstić information content (AvgIpc) is 2.74. The van der Waals surface area contributed by atoms with Crippen LogP contribution in [0.1, 0.15) is 35.6 Å². The summed E-state index contributed by atoms with van der Waals surface area (Å²) in [6, 6.07) is 9.19. The van der Waals surface area contributed by atoms with Crippen molar-refractivity contribution in [1.29, 1.82) is 0 Å². The Morgan fingerprint density at radius 1 is 1.16 bits per heavy atom. The molecule has 0 aliphatic carbocycles. The second kappa shape index (κ2) is 10.0. The highest BCUT2D eigenvalue weighted by molar-refractivity contribution is 6.42. The minimum absolute atomic E-state index is 0.206. The standard InChI is InChI=1S/C22H22Cl3N3O3/c1-13(20-26-19-12-15(23)6-7-16(19)22(30)27(20)2)28(9-4-10-31-3)21(29)14-5-8-17(24)18(25)11-14/h5-8,11-13H,4,9-10H2,1-3H3. The first-order valence-electron chi connectivity index (χ1n) is 9.65. The molecule has 3 aromatic rings. The van der Waals surface area contributed by atoms with Gasteiger partial charge in [0, 0.05) is 37.9 Å². The van der Waals surface area contributed by atoms with E-state index in [2.05, 4.69) is 4.98 Å². The molecule has 0 spiro atoms. The molecule has 1 amide bonds. The Hall–Kier alpha value is -2.12. The van der Waals surface area contributed by atoms with E-state index in [9.17, 15) is 9.59 Å². The van der Waals surface area contributed by atoms with Gasteiger partial charge in [0.05, 0.1) is 27.0 Å². The summed E-state index contributed by atoms with van der Waals surface area (Å²) >= 11 is 18.2. The molecular weight excluding hydrogens is 461 g/mol. The monoisotopic (exact) mass is 481 g/mol. The molecule has 1 aromatic heterocycles. The van der Waals surface area contributed by atoms with Gasteiger partial charge in [-0.1, -0.05) is 34.8 Å². The van der Waals surface area contributed by atoms with Crippen LogP contribution in [0.15, 0.2) is 41.2 Å². The fourth-order valence-electron chi connectivity index (χ4n) is 3.42. The summed E-state index contributed by atoms with van der Waals surface area (Å²) in [5.74, 6) is 0.202. The van der Waals surface area contributed by atoms with Gasteiger partial charge in [0.25, 0.3) is 11.5 Å². The van der Waals surface area contributed by atoms with Crippen molar-refractivity contribution in [2.45, 2.75) is 19.4 Å². The van der Waals surface area contributed by atoms with Gasteiger partial charge in [0.2, 0.25) is 0 Å². The Kier molecular flexibility index (Phi) is 7.59. The second-order valence-corrected chi connectivity index (χ2v) is 8.40. The van der Waals surface area contributed by atoms with Crippen LogP contribution in [0.25, 0.3) is 10.9 Å². The highest BCUT2D eigenvalue weighted by atomic mass is 35.5. The normalized spacial score (nSPS) is 12.2. The van der Waals surface area contributed by atoms with Gasteiger partial charge in [0.15, 0.2) is 0 Å². The van der Waals surface area contributed by atoms with E-state index in [0.717, 1.165) is 0 Å². The molecule has 0 bridgehead atoms. The first-order valence-corrected chi connectivity index (χ1v) is 10.8. The second-order valence-electron chi connectivity index (χ2n) is 7.15. The van der Waals surface area contributed by atoms with Crippen LogP contribution in [-0.4, -0.2) is 40.6 Å². The zero-order valence-electron chi connectivity index (χ0n) is 17.4. The van der Waals surface area contributed by atoms with Crippen molar-refractivity contribution in [3.8, 4) is 0 Å². The van der Waals surface area contributed by atoms with Crippen molar-refractivity contribution in [2.24, 2.45) is 7.05 Å². The molecule has 1 heterocycles. The molecule has 1 unspecified atom stereocenters. The molecule has 0 saturated carbocycles. The number of amides is 1. The van der Waals surface area contributed by atoms with Crippen LogP contribution in [-0.2, 0) is 11.8 Å². The van der Waals surface area contributed by atoms with Crippen molar-refractivity contribution >= 4 is 51.6 Å². The third-order valence-corrected chi connectivity index (χ3v) is 6.06. The van der Waals surface area contributed by atoms with Gasteiger partial charge in [-0.25, -0.2) is 4.98 Å². The number of hydrogen-bond acceptors (Lipinski definition) is 4. The molecule has 6 nitrogen and oxygen atoms in total. The van der Waals surface area contributed by atoms with Gasteiger partial charge in [-0.2, -0.15) is 0 Å². The van der Waals surface area contributed by atoms with Crippen molar-refractivity contribution in [1.82, 2.24) is 14.5 Å². The highest BCUT2D eigenvalue weighted by Gasteiger charge is 2.26. The highest BCUT2D eigenvalue weighted by Crippen LogP contribution is 2.27. The van der Waals surface area contributed by atoms with Gasteiger partial charge < -0.3 is 9.64 Å². The summed E-state index contributed by atoms with van der Waals surface area (Å²) in [5, 5.41) is 1.61. The van der Waals surface area contributed by atoms with E-state index < -0.39 is 6.04 Å². The number of aromatic nitrogens is 2. The zero-order valence-corrected chi connectivity index (χ0v) is 19.6. The molecule has 1 atom stereocenters. The molecule has 0 saturated heterocycles. The Balaban J connectivity index is 2.06. The van der Waals surface area contributed by atoms with E-state index in [1.165, 1.54) is 10.6 Å². The molecule has 0 fully saturated rings. The minimum atomic E-state index is -0.500. The lowest BCUT2D eigenvalue weighted by Crippen LogP contribution is -2.38. The molecule has 0 N–H and O–H groups in total. The van der Waals surface area contributed by atoms with Crippen LogP contribution in [0.2, 0.25) is 15.1 Å². The summed E-state index contributed by atoms with van der Waals surface area (Å²) in [6.07, 6.45) is 0.612. The molecule has 3 rings (SSSR count). The summed E-state index contributed by atoms with van der Waals surface area (Å²) in [5.41, 5.74) is 0.672. The van der Waals surface area contributed by atoms with Gasteiger partial charge in [-0.05, 0) is 49.7 Å². The lowest BCUT2D eigenvalue weighted by molar-refractivity contribution is 0.0656. The number of methoxy groups -OCH3 is 1. The fourth-order valence-corrected chi connectivity index (χ4v) is 3.88. The largest absolute Gasteiger partial charge is 0.385 e. The van der Waals surface area contributed by atoms with E-state index in [-0.39, 0.29) is 11.5 Å². The Bertz CT molecular complexity index is 1180. The van der Waals surface area contributed by atoms with E-state index in [4.69, 9.17) is 39.5 Å². The van der Waals surface area contributed by atoms with E-state index in [0.29, 0.717) is 56.9 Å². The molecule has 31 heavy (non-hydrogen) atoms. The van der Waals surface area contributed by atoms with Crippen LogP contribution in [0.5, 0.6) is 0 Å². The van der Waals surface area contributed by atoms with Gasteiger partial charge >= 0.3 is 0 Å². The van der Waals surface area contributed by atoms with Crippen molar-refractivity contribution in [3.05, 3.63) is 73.2 Å². The molecule has 9 heteroatoms. The van der Waals surface area contributed by atoms with Crippen molar-refractivity contribution < 1.29 is 9.53 Å². The number of nitrogens with zero attached hydrogens (tertiary/aromatic N) is 3. The van der Waals surface area contributed by atoms with E-state index in [1.54, 1.807) is 49.4 Å². The smallest absolute Gasteiger partial charge is 0.261 e. The molecule has 0 aliphatic heterocycles. The van der Waals surface area contributed by atoms with Crippen LogP contribution in [0.4, 0.5) is 0 Å². The zero-order chi connectivity index (χ0) is 22.7. The third kappa shape index (κ3) is 5.04. The number of ether oxygens (including phenoxy) is 1. The number of fused-ring (bicyclic) bond motifs is 1. The first-order chi connectivity index (χ1) is 14.7. The Morgan fingerprint density at radius 3 is 2.58 bits per heavy atom. The van der Waals surface area contributed by atoms with Crippen LogP contribution < -0.4 is 5.56 Å². The maximum Gasteiger partial charge on any atom is 0.261 e. The minimum Gasteiger partial charge on any atom is -0.385 e. The Labute approximate surface area is 195 Å². The third-order valence-electron chi connectivity index (χ3n) is 5.09. The molecule has 164 valence electrons. The topological polar surface area (TPSA) is 64.4 Å². The predicted octanol–water partition coefficient (Wildman–Crippen LogP) is 5.13. The van der Waals surface area contributed by atoms with Gasteiger partial charge in [-0.3, -0.25) is 14.2 Å². The SMILES string of the molecule is COCCCN(C(=O)c1ccc(Cl)c(Cl)c1)C(C)c1nc2cc(Cl)ccc2c(=O)n1C. The van der Waals surface area contributed by atoms with E-state index in [1.807, 2.05) is 6.92 Å².